The van der Waals surface area contributed by atoms with Gasteiger partial charge in [0.2, 0.25) is 5.91 Å². The highest BCUT2D eigenvalue weighted by atomic mass is 79.9. The van der Waals surface area contributed by atoms with E-state index in [2.05, 4.69) is 26.6 Å². The van der Waals surface area contributed by atoms with Crippen LogP contribution in [0.3, 0.4) is 0 Å². The largest absolute Gasteiger partial charge is 0.326 e. The van der Waals surface area contributed by atoms with E-state index < -0.39 is 18.0 Å². The van der Waals surface area contributed by atoms with Crippen molar-refractivity contribution in [3.63, 3.8) is 0 Å². The molecule has 1 heterocycles. The number of nitrogens with one attached hydrogen (secondary N) is 2. The number of halogens is 1. The van der Waals surface area contributed by atoms with E-state index in [1.54, 1.807) is 24.3 Å². The van der Waals surface area contributed by atoms with E-state index >= 15 is 0 Å². The fourth-order valence-electron chi connectivity index (χ4n) is 2.09. The Labute approximate surface area is 131 Å². The summed E-state index contributed by atoms with van der Waals surface area (Å²) in [4.78, 5) is 36.6. The molecular weight excluding hydrogens is 338 g/mol. The van der Waals surface area contributed by atoms with Crippen molar-refractivity contribution in [2.45, 2.75) is 25.8 Å². The Kier molecular flexibility index (Phi) is 4.95. The normalized spacial score (nSPS) is 17.8. The fraction of sp³-hybridized carbons (Fsp3) is 0.357. The zero-order valence-electron chi connectivity index (χ0n) is 11.6. The minimum atomic E-state index is -0.511. The molecule has 0 saturated carbocycles. The van der Waals surface area contributed by atoms with Crippen LogP contribution < -0.4 is 10.6 Å². The maximum Gasteiger partial charge on any atom is 0.325 e. The minimum Gasteiger partial charge on any atom is -0.326 e. The lowest BCUT2D eigenvalue weighted by Gasteiger charge is -2.13. The fourth-order valence-corrected chi connectivity index (χ4v) is 2.35. The molecule has 0 unspecified atom stereocenters. The number of urea groups is 1. The van der Waals surface area contributed by atoms with Gasteiger partial charge in [-0.1, -0.05) is 29.3 Å². The molecule has 1 atom stereocenters. The van der Waals surface area contributed by atoms with Crippen molar-refractivity contribution >= 4 is 39.5 Å². The molecule has 0 aromatic heterocycles. The van der Waals surface area contributed by atoms with Crippen molar-refractivity contribution < 1.29 is 14.4 Å². The predicted octanol–water partition coefficient (Wildman–Crippen LogP) is 2.11. The summed E-state index contributed by atoms with van der Waals surface area (Å²) in [7, 11) is 0. The topological polar surface area (TPSA) is 78.5 Å². The number of anilines is 1. The number of carbonyl (C=O) groups excluding carboxylic acids is 3. The second-order valence-corrected chi connectivity index (χ2v) is 5.69. The summed E-state index contributed by atoms with van der Waals surface area (Å²) in [6, 6.07) is 6.02. The van der Waals surface area contributed by atoms with Gasteiger partial charge in [0.25, 0.3) is 5.91 Å². The van der Waals surface area contributed by atoms with Crippen LogP contribution in [0.4, 0.5) is 10.5 Å². The van der Waals surface area contributed by atoms with Gasteiger partial charge in [-0.25, -0.2) is 4.79 Å². The molecule has 1 aromatic carbocycles. The third-order valence-corrected chi connectivity index (χ3v) is 3.64. The van der Waals surface area contributed by atoms with Crippen molar-refractivity contribution in [3.05, 3.63) is 28.7 Å². The number of imide groups is 1. The third kappa shape index (κ3) is 3.81. The molecule has 1 saturated heterocycles. The van der Waals surface area contributed by atoms with E-state index in [0.29, 0.717) is 12.1 Å². The van der Waals surface area contributed by atoms with Crippen LogP contribution in [0.5, 0.6) is 0 Å². The lowest BCUT2D eigenvalue weighted by molar-refractivity contribution is -0.130. The van der Waals surface area contributed by atoms with Crippen molar-refractivity contribution in [3.8, 4) is 0 Å². The number of hydrogen-bond donors (Lipinski definition) is 2. The van der Waals surface area contributed by atoms with E-state index in [0.717, 1.165) is 15.8 Å². The number of carbonyl (C=O) groups is 3. The molecule has 7 heteroatoms. The first-order chi connectivity index (χ1) is 10.0. The molecule has 2 rings (SSSR count). The summed E-state index contributed by atoms with van der Waals surface area (Å²) < 4.78 is 0.900. The van der Waals surface area contributed by atoms with Gasteiger partial charge < -0.3 is 10.6 Å². The number of rotatable bonds is 5. The zero-order chi connectivity index (χ0) is 15.4. The molecular formula is C14H16BrN3O3. The van der Waals surface area contributed by atoms with Gasteiger partial charge >= 0.3 is 6.03 Å². The van der Waals surface area contributed by atoms with E-state index in [1.165, 1.54) is 0 Å². The van der Waals surface area contributed by atoms with Gasteiger partial charge in [-0.15, -0.1) is 0 Å². The van der Waals surface area contributed by atoms with Gasteiger partial charge in [0.1, 0.15) is 12.6 Å². The molecule has 0 bridgehead atoms. The molecule has 1 fully saturated rings. The van der Waals surface area contributed by atoms with Crippen LogP contribution in [0.2, 0.25) is 0 Å². The molecule has 1 aromatic rings. The van der Waals surface area contributed by atoms with E-state index in [9.17, 15) is 14.4 Å². The van der Waals surface area contributed by atoms with Crippen LogP contribution >= 0.6 is 15.9 Å². The van der Waals surface area contributed by atoms with Gasteiger partial charge in [-0.05, 0) is 30.7 Å². The number of amides is 4. The highest BCUT2D eigenvalue weighted by molar-refractivity contribution is 9.10. The molecule has 1 aliphatic heterocycles. The molecule has 4 amide bonds. The number of benzene rings is 1. The molecule has 0 radical (unpaired) electrons. The van der Waals surface area contributed by atoms with Crippen molar-refractivity contribution in [2.24, 2.45) is 0 Å². The van der Waals surface area contributed by atoms with Crippen molar-refractivity contribution in [2.75, 3.05) is 11.9 Å². The zero-order valence-corrected chi connectivity index (χ0v) is 13.1. The molecule has 2 N–H and O–H groups in total. The first-order valence-electron chi connectivity index (χ1n) is 6.68. The lowest BCUT2D eigenvalue weighted by atomic mass is 10.2. The second kappa shape index (κ2) is 6.71. The molecule has 0 spiro atoms. The van der Waals surface area contributed by atoms with Crippen LogP contribution in [-0.2, 0) is 9.59 Å². The Bertz CT molecular complexity index is 559. The summed E-state index contributed by atoms with van der Waals surface area (Å²) in [5, 5.41) is 5.23. The molecule has 1 aliphatic rings. The Hall–Kier alpha value is -1.89. The van der Waals surface area contributed by atoms with Crippen LogP contribution in [0, 0.1) is 0 Å². The van der Waals surface area contributed by atoms with Crippen LogP contribution in [0.25, 0.3) is 0 Å². The molecule has 21 heavy (non-hydrogen) atoms. The van der Waals surface area contributed by atoms with Crippen LogP contribution in [-0.4, -0.2) is 35.3 Å². The van der Waals surface area contributed by atoms with Crippen LogP contribution in [0.15, 0.2) is 28.7 Å². The summed E-state index contributed by atoms with van der Waals surface area (Å²) in [5.74, 6) is -0.745. The quantitative estimate of drug-likeness (QED) is 0.795. The molecule has 6 nitrogen and oxygen atoms in total. The Morgan fingerprint density at radius 1 is 1.33 bits per heavy atom. The minimum absolute atomic E-state index is 0.277. The van der Waals surface area contributed by atoms with E-state index in [1.807, 2.05) is 6.92 Å². The number of hydrogen-bond acceptors (Lipinski definition) is 3. The van der Waals surface area contributed by atoms with Crippen molar-refractivity contribution in [1.29, 1.82) is 0 Å². The maximum atomic E-state index is 12.0. The maximum absolute atomic E-state index is 12.0. The third-order valence-electron chi connectivity index (χ3n) is 3.11. The average Bonchev–Trinajstić information content (AvgIpc) is 2.70. The predicted molar refractivity (Wildman–Crippen MR) is 81.7 cm³/mol. The highest BCUT2D eigenvalue weighted by Crippen LogP contribution is 2.15. The van der Waals surface area contributed by atoms with Crippen LogP contribution in [0.1, 0.15) is 19.8 Å². The van der Waals surface area contributed by atoms with Gasteiger partial charge in [0.05, 0.1) is 0 Å². The first kappa shape index (κ1) is 15.5. The summed E-state index contributed by atoms with van der Waals surface area (Å²) in [6.07, 6.45) is 1.37. The van der Waals surface area contributed by atoms with Gasteiger partial charge in [0.15, 0.2) is 0 Å². The summed E-state index contributed by atoms with van der Waals surface area (Å²) in [6.45, 7) is 1.66. The number of nitrogens with zero attached hydrogens (tertiary/aromatic N) is 1. The van der Waals surface area contributed by atoms with Gasteiger partial charge in [-0.3, -0.25) is 14.5 Å². The Balaban J connectivity index is 1.94. The average molecular weight is 354 g/mol. The first-order valence-corrected chi connectivity index (χ1v) is 7.48. The Morgan fingerprint density at radius 2 is 2.00 bits per heavy atom. The lowest BCUT2D eigenvalue weighted by Crippen LogP contribution is -2.38. The molecule has 112 valence electrons. The monoisotopic (exact) mass is 353 g/mol. The summed E-state index contributed by atoms with van der Waals surface area (Å²) in [5.41, 5.74) is 0.611. The smallest absolute Gasteiger partial charge is 0.325 e. The van der Waals surface area contributed by atoms with E-state index in [4.69, 9.17) is 0 Å². The van der Waals surface area contributed by atoms with Gasteiger partial charge in [0, 0.05) is 10.2 Å². The Morgan fingerprint density at radius 3 is 2.62 bits per heavy atom. The van der Waals surface area contributed by atoms with E-state index in [-0.39, 0.29) is 12.5 Å². The van der Waals surface area contributed by atoms with Crippen molar-refractivity contribution in [1.82, 2.24) is 10.2 Å². The second-order valence-electron chi connectivity index (χ2n) is 4.77. The van der Waals surface area contributed by atoms with Gasteiger partial charge in [-0.2, -0.15) is 0 Å². The summed E-state index contributed by atoms with van der Waals surface area (Å²) >= 11 is 3.30. The SMILES string of the molecule is CCC[C@H]1NC(=O)N(CC(=O)Nc2ccc(Br)cc2)C1=O. The highest BCUT2D eigenvalue weighted by Gasteiger charge is 2.38. The standard InChI is InChI=1S/C14H16BrN3O3/c1-2-3-11-13(20)18(14(21)17-11)8-12(19)16-10-6-4-9(15)5-7-10/h4-7,11H,2-3,8H2,1H3,(H,16,19)(H,17,21)/t11-/m1/s1. The molecule has 0 aliphatic carbocycles.